The van der Waals surface area contributed by atoms with E-state index in [1.54, 1.807) is 0 Å². The van der Waals surface area contributed by atoms with Gasteiger partial charge >= 0.3 is 118 Å². The van der Waals surface area contributed by atoms with Crippen molar-refractivity contribution in [3.05, 3.63) is 12.2 Å². The summed E-state index contributed by atoms with van der Waals surface area (Å²) >= 11 is 0. The zero-order valence-electron chi connectivity index (χ0n) is 48.4. The van der Waals surface area contributed by atoms with Gasteiger partial charge in [0.1, 0.15) is 20.2 Å². The van der Waals surface area contributed by atoms with Crippen LogP contribution in [0, 0.1) is 110 Å². The number of fused-ring (bicyclic) bond motifs is 11. The molecule has 418 valence electrons. The SMILES string of the molecule is C[C@H](/C=C/C1C2CC([C@@H](C)[C@H]3CC[C@H]4[C@@H]5C[C@H](S(=O)(=O)[O-])C6C[C@@H](O)[C@@H](S(=O)(=O)[O-])C[C@]6(C)[C@H]5CC[C@]34C)OC2(C)CC1(C)C)[C@H]1CC[C@H]2[C@@H]3C[C@H](S(=O)(=O)[O-])C4C[C@@H](O)[C@@H](S(=O)(=O)[O-])C[C@]4(C)[C@H]3CC[C@]12C.[Na+].[Na+].[Na+].[Na+]. The van der Waals surface area contributed by atoms with E-state index < -0.39 is 96.3 Å². The van der Waals surface area contributed by atoms with E-state index in [0.717, 1.165) is 64.2 Å². The first-order chi connectivity index (χ1) is 33.4. The summed E-state index contributed by atoms with van der Waals surface area (Å²) in [5.74, 6) is -0.103. The monoisotopic (exact) mass is 1190 g/mol. The van der Waals surface area contributed by atoms with Crippen molar-refractivity contribution >= 4 is 40.5 Å². The molecule has 0 amide bonds. The molecule has 10 rings (SSSR count). The van der Waals surface area contributed by atoms with Gasteiger partial charge in [0.05, 0.1) is 65.1 Å². The van der Waals surface area contributed by atoms with Crippen molar-refractivity contribution in [1.82, 2.24) is 0 Å². The summed E-state index contributed by atoms with van der Waals surface area (Å²) in [6.07, 6.45) is 10.2. The number of ether oxygens (including phenoxy) is 1. The maximum absolute atomic E-state index is 13.1. The molecule has 26 atom stereocenters. The van der Waals surface area contributed by atoms with Crippen LogP contribution in [0.4, 0.5) is 0 Å². The predicted molar refractivity (Wildman–Crippen MR) is 269 cm³/mol. The number of hydrogen-bond donors (Lipinski definition) is 2. The van der Waals surface area contributed by atoms with Crippen LogP contribution in [-0.2, 0) is 45.2 Å². The van der Waals surface area contributed by atoms with Gasteiger partial charge in [0, 0.05) is 0 Å². The Labute approximate surface area is 550 Å². The first-order valence-corrected chi connectivity index (χ1v) is 33.8. The molecule has 1 heterocycles. The summed E-state index contributed by atoms with van der Waals surface area (Å²) in [5.41, 5.74) is -2.49. The first kappa shape index (κ1) is 69.4. The summed E-state index contributed by atoms with van der Waals surface area (Å²) in [4.78, 5) is 0. The second-order valence-electron chi connectivity index (χ2n) is 28.7. The Bertz CT molecular complexity index is 2700. The third-order valence-electron chi connectivity index (χ3n) is 25.2. The first-order valence-electron chi connectivity index (χ1n) is 27.9. The fourth-order valence-electron chi connectivity index (χ4n) is 22.2. The summed E-state index contributed by atoms with van der Waals surface area (Å²) in [6, 6.07) is 0. The minimum Gasteiger partial charge on any atom is -0.748 e. The molecule has 2 N–H and O–H groups in total. The summed E-state index contributed by atoms with van der Waals surface area (Å²) < 4.78 is 160. The molecule has 0 bridgehead atoms. The van der Waals surface area contributed by atoms with Gasteiger partial charge in [-0.05, 0) is 220 Å². The maximum atomic E-state index is 13.1. The Morgan fingerprint density at radius 1 is 0.494 bits per heavy atom. The zero-order valence-corrected chi connectivity index (χ0v) is 59.7. The van der Waals surface area contributed by atoms with Gasteiger partial charge in [-0.1, -0.05) is 67.5 Å². The molecule has 77 heavy (non-hydrogen) atoms. The molecule has 9 aliphatic carbocycles. The van der Waals surface area contributed by atoms with Crippen LogP contribution in [0.25, 0.3) is 0 Å². The van der Waals surface area contributed by atoms with Gasteiger partial charge in [-0.15, -0.1) is 0 Å². The Morgan fingerprint density at radius 3 is 1.30 bits per heavy atom. The molecule has 0 radical (unpaired) electrons. The van der Waals surface area contributed by atoms with E-state index in [1.165, 1.54) is 0 Å². The van der Waals surface area contributed by atoms with Crippen LogP contribution in [0.15, 0.2) is 12.2 Å². The van der Waals surface area contributed by atoms with Crippen LogP contribution in [-0.4, -0.2) is 107 Å². The molecule has 23 heteroatoms. The van der Waals surface area contributed by atoms with E-state index in [4.69, 9.17) is 4.74 Å². The van der Waals surface area contributed by atoms with Crippen molar-refractivity contribution in [1.29, 1.82) is 0 Å². The van der Waals surface area contributed by atoms with E-state index in [2.05, 4.69) is 60.6 Å². The maximum Gasteiger partial charge on any atom is 1.00 e. The van der Waals surface area contributed by atoms with Crippen molar-refractivity contribution in [2.75, 3.05) is 0 Å². The Morgan fingerprint density at radius 2 is 0.883 bits per heavy atom. The summed E-state index contributed by atoms with van der Waals surface area (Å²) in [6.45, 7) is 20.0. The van der Waals surface area contributed by atoms with E-state index in [-0.39, 0.29) is 250 Å². The fourth-order valence-corrected chi connectivity index (χ4v) is 26.9. The minimum atomic E-state index is -4.87. The minimum absolute atomic E-state index is 0. The predicted octanol–water partition coefficient (Wildman–Crippen LogP) is -4.82. The van der Waals surface area contributed by atoms with E-state index in [1.807, 2.05) is 13.8 Å². The van der Waals surface area contributed by atoms with Crippen molar-refractivity contribution in [3.63, 3.8) is 0 Å². The van der Waals surface area contributed by atoms with Crippen molar-refractivity contribution in [3.8, 4) is 0 Å². The van der Waals surface area contributed by atoms with Crippen LogP contribution in [0.1, 0.15) is 165 Å². The van der Waals surface area contributed by atoms with Gasteiger partial charge in [0.2, 0.25) is 0 Å². The van der Waals surface area contributed by atoms with Gasteiger partial charge in [-0.25, -0.2) is 33.7 Å². The number of rotatable bonds is 9. The average Bonchev–Trinajstić information content (AvgIpc) is 3.95. The van der Waals surface area contributed by atoms with Gasteiger partial charge in [0.25, 0.3) is 0 Å². The molecular weight excluding hydrogens is 1110 g/mol. The second kappa shape index (κ2) is 23.0. The molecule has 9 saturated carbocycles. The van der Waals surface area contributed by atoms with Crippen molar-refractivity contribution in [2.45, 2.75) is 210 Å². The standard InChI is InChI=1S/C54H88O15S4.4Na/c1-28(32-12-14-34-30-20-45(70(57,58)59)40-22-42(55)47(72(63,64)65)25-52(40,7)36(30)16-18-50(32,34)5)10-11-38-39-24-44(69-54(39,9)27-49(38,3)4)29(2)33-13-15-35-31-21-46(71(60,61)62)41-23-43(56)48(73(66,67)68)26-53(41,8)37(31)17-19-51(33,35)6;;;;/h10-11,28-48,55-56H,12-27H2,1-9H3,(H,57,58,59)(H,60,61,62)(H,63,64,65)(H,66,67,68);;;;/q;4*+1/p-4/b11-10+;;;;/t28-,29+,30+,31+,32-,33-,34+,35+,36+,37+,38?,39?,40?,41?,42-,43-,44?,45+,46+,47+,48+,50-,51-,52-,53-,54?;;;;/m1..../s1. The average molecular weight is 1190 g/mol. The number of aliphatic hydroxyl groups excluding tert-OH is 2. The second-order valence-corrected chi connectivity index (χ2v) is 35.0. The normalized spacial score (nSPS) is 50.8. The molecule has 0 aromatic carbocycles. The van der Waals surface area contributed by atoms with Crippen LogP contribution >= 0.6 is 0 Å². The molecule has 0 aromatic rings. The van der Waals surface area contributed by atoms with E-state index in [9.17, 15) is 62.1 Å². The molecule has 15 nitrogen and oxygen atoms in total. The van der Waals surface area contributed by atoms with Crippen molar-refractivity contribution in [2.24, 2.45) is 110 Å². The molecule has 0 spiro atoms. The van der Waals surface area contributed by atoms with Gasteiger partial charge < -0.3 is 33.2 Å². The van der Waals surface area contributed by atoms with Gasteiger partial charge in [-0.2, -0.15) is 0 Å². The molecular formula is C54H84Na4O15S4. The number of aliphatic hydroxyl groups is 2. The largest absolute Gasteiger partial charge is 1.00 e. The zero-order chi connectivity index (χ0) is 53.6. The quantitative estimate of drug-likeness (QED) is 0.125. The topological polar surface area (TPSA) is 278 Å². The number of allylic oxidation sites excluding steroid dienone is 2. The van der Waals surface area contributed by atoms with Gasteiger partial charge in [0.15, 0.2) is 0 Å². The third-order valence-corrected chi connectivity index (χ3v) is 30.2. The summed E-state index contributed by atoms with van der Waals surface area (Å²) in [5, 5.41) is 16.2. The third kappa shape index (κ3) is 11.5. The number of hydrogen-bond acceptors (Lipinski definition) is 15. The van der Waals surface area contributed by atoms with E-state index in [0.29, 0.717) is 5.92 Å². The molecule has 1 saturated heterocycles. The summed E-state index contributed by atoms with van der Waals surface area (Å²) in [7, 11) is -19.3. The van der Waals surface area contributed by atoms with Crippen LogP contribution in [0.3, 0.4) is 0 Å². The van der Waals surface area contributed by atoms with Crippen LogP contribution in [0.5, 0.6) is 0 Å². The smallest absolute Gasteiger partial charge is 0.748 e. The Balaban J connectivity index is 0.00000240. The van der Waals surface area contributed by atoms with Crippen LogP contribution < -0.4 is 118 Å². The molecule has 1 aliphatic heterocycles. The van der Waals surface area contributed by atoms with Crippen LogP contribution in [0.2, 0.25) is 0 Å². The molecule has 10 aliphatic rings. The Kier molecular flexibility index (Phi) is 20.7. The molecule has 0 aromatic heterocycles. The van der Waals surface area contributed by atoms with Crippen molar-refractivity contribution < 1.29 is 185 Å². The fraction of sp³-hybridized carbons (Fsp3) is 0.963. The molecule has 6 unspecified atom stereocenters. The van der Waals surface area contributed by atoms with Gasteiger partial charge in [-0.3, -0.25) is 0 Å². The molecule has 10 fully saturated rings. The van der Waals surface area contributed by atoms with E-state index >= 15 is 0 Å². The Hall–Kier alpha value is 3.26.